The van der Waals surface area contributed by atoms with Gasteiger partial charge in [-0.3, -0.25) is 9.36 Å². The van der Waals surface area contributed by atoms with E-state index < -0.39 is 19.7 Å². The molecule has 0 aliphatic carbocycles. The lowest BCUT2D eigenvalue weighted by molar-refractivity contribution is -0.115. The highest BCUT2D eigenvalue weighted by molar-refractivity contribution is 7.52. The van der Waals surface area contributed by atoms with Crippen molar-refractivity contribution in [3.8, 4) is 0 Å². The van der Waals surface area contributed by atoms with Crippen LogP contribution in [0.1, 0.15) is 0 Å². The first-order valence-corrected chi connectivity index (χ1v) is 3.54. The lowest BCUT2D eigenvalue weighted by Crippen LogP contribution is -2.15. The van der Waals surface area contributed by atoms with Gasteiger partial charge in [0.2, 0.25) is 5.91 Å². The minimum atomic E-state index is -4.20. The molecule has 0 bridgehead atoms. The average molecular weight is 139 g/mol. The fraction of sp³-hybridized carbons (Fsp3) is 0.500. The summed E-state index contributed by atoms with van der Waals surface area (Å²) in [6, 6.07) is 0. The molecule has 0 saturated carbocycles. The molecule has 1 amide bonds. The van der Waals surface area contributed by atoms with E-state index in [0.717, 1.165) is 0 Å². The summed E-state index contributed by atoms with van der Waals surface area (Å²) in [6.07, 6.45) is -0.868. The fourth-order valence-corrected chi connectivity index (χ4v) is 0.609. The van der Waals surface area contributed by atoms with Crippen molar-refractivity contribution >= 4 is 13.5 Å². The summed E-state index contributed by atoms with van der Waals surface area (Å²) in [4.78, 5) is 25.7. The summed E-state index contributed by atoms with van der Waals surface area (Å²) in [7, 11) is -4.20. The zero-order valence-corrected chi connectivity index (χ0v) is 4.84. The van der Waals surface area contributed by atoms with Crippen molar-refractivity contribution < 1.29 is 19.1 Å². The van der Waals surface area contributed by atoms with Gasteiger partial charge in [0.05, 0.1) is 0 Å². The van der Waals surface area contributed by atoms with E-state index in [0.29, 0.717) is 0 Å². The van der Waals surface area contributed by atoms with Crippen molar-refractivity contribution in [1.82, 2.24) is 0 Å². The summed E-state index contributed by atoms with van der Waals surface area (Å²) in [5.74, 6) is -0.988. The van der Waals surface area contributed by atoms with Gasteiger partial charge in [-0.05, 0) is 0 Å². The minimum absolute atomic E-state index is 0.868. The summed E-state index contributed by atoms with van der Waals surface area (Å²) < 4.78 is 9.84. The minimum Gasteiger partial charge on any atom is -0.369 e. The molecule has 0 unspecified atom stereocenters. The van der Waals surface area contributed by atoms with E-state index in [4.69, 9.17) is 9.79 Å². The Morgan fingerprint density at radius 1 is 1.62 bits per heavy atom. The van der Waals surface area contributed by atoms with Gasteiger partial charge in [-0.1, -0.05) is 0 Å². The van der Waals surface area contributed by atoms with Gasteiger partial charge in [0.1, 0.15) is 6.16 Å². The Balaban J connectivity index is 3.74. The van der Waals surface area contributed by atoms with Crippen LogP contribution in [0.15, 0.2) is 0 Å². The number of rotatable bonds is 2. The van der Waals surface area contributed by atoms with Gasteiger partial charge < -0.3 is 15.5 Å². The van der Waals surface area contributed by atoms with Crippen LogP contribution in [0.5, 0.6) is 0 Å². The molecule has 0 rings (SSSR count). The molecule has 0 radical (unpaired) electrons. The molecular formula is C2H6NO4P. The highest BCUT2D eigenvalue weighted by atomic mass is 31.2. The zero-order valence-electron chi connectivity index (χ0n) is 3.94. The van der Waals surface area contributed by atoms with E-state index >= 15 is 0 Å². The first-order valence-electron chi connectivity index (χ1n) is 1.75. The summed E-state index contributed by atoms with van der Waals surface area (Å²) in [6.45, 7) is 0. The molecule has 0 aliphatic heterocycles. The fourth-order valence-electron chi connectivity index (χ4n) is 0.203. The van der Waals surface area contributed by atoms with Gasteiger partial charge in [-0.25, -0.2) is 0 Å². The molecule has 0 aromatic rings. The Morgan fingerprint density at radius 3 is 2.00 bits per heavy atom. The van der Waals surface area contributed by atoms with Crippen molar-refractivity contribution in [2.75, 3.05) is 6.16 Å². The smallest absolute Gasteiger partial charge is 0.334 e. The SMILES string of the molecule is NC(=O)CP(=O)(O)O. The maximum absolute atomic E-state index is 9.84. The molecular weight excluding hydrogens is 133 g/mol. The maximum Gasteiger partial charge on any atom is 0.334 e. The van der Waals surface area contributed by atoms with E-state index in [1.54, 1.807) is 0 Å². The monoisotopic (exact) mass is 139 g/mol. The molecule has 0 saturated heterocycles. The van der Waals surface area contributed by atoms with Crippen LogP contribution in [-0.4, -0.2) is 21.9 Å². The third-order valence-electron chi connectivity index (χ3n) is 0.362. The first-order chi connectivity index (χ1) is 3.42. The maximum atomic E-state index is 9.84. The van der Waals surface area contributed by atoms with Crippen LogP contribution in [0.3, 0.4) is 0 Å². The van der Waals surface area contributed by atoms with Gasteiger partial charge in [-0.15, -0.1) is 0 Å². The van der Waals surface area contributed by atoms with Gasteiger partial charge in [0, 0.05) is 0 Å². The molecule has 0 aromatic heterocycles. The predicted molar refractivity (Wildman–Crippen MR) is 26.1 cm³/mol. The Morgan fingerprint density at radius 2 is 2.00 bits per heavy atom. The van der Waals surface area contributed by atoms with Gasteiger partial charge in [0.15, 0.2) is 0 Å². The zero-order chi connectivity index (χ0) is 6.78. The van der Waals surface area contributed by atoms with E-state index in [2.05, 4.69) is 5.73 Å². The summed E-state index contributed by atoms with van der Waals surface area (Å²) in [5.41, 5.74) is 4.45. The molecule has 0 aromatic carbocycles. The van der Waals surface area contributed by atoms with Crippen LogP contribution in [-0.2, 0) is 9.36 Å². The first kappa shape index (κ1) is 7.62. The second kappa shape index (κ2) is 2.26. The van der Waals surface area contributed by atoms with Crippen LogP contribution >= 0.6 is 7.60 Å². The average Bonchev–Trinajstić information content (AvgIpc) is 1.21. The van der Waals surface area contributed by atoms with Gasteiger partial charge in [-0.2, -0.15) is 0 Å². The third-order valence-corrected chi connectivity index (χ3v) is 1.09. The number of hydrogen-bond donors (Lipinski definition) is 3. The number of primary amides is 1. The summed E-state index contributed by atoms with van der Waals surface area (Å²) in [5, 5.41) is 0. The van der Waals surface area contributed by atoms with E-state index in [1.165, 1.54) is 0 Å². The quantitative estimate of drug-likeness (QED) is 0.411. The number of hydrogen-bond acceptors (Lipinski definition) is 2. The van der Waals surface area contributed by atoms with Crippen LogP contribution in [0, 0.1) is 0 Å². The molecule has 6 heteroatoms. The Labute approximate surface area is 45.7 Å². The van der Waals surface area contributed by atoms with Crippen molar-refractivity contribution in [2.45, 2.75) is 0 Å². The number of amides is 1. The largest absolute Gasteiger partial charge is 0.369 e. The van der Waals surface area contributed by atoms with E-state index in [1.807, 2.05) is 0 Å². The van der Waals surface area contributed by atoms with Crippen LogP contribution in [0.4, 0.5) is 0 Å². The Hall–Kier alpha value is -0.380. The third kappa shape index (κ3) is 5.62. The van der Waals surface area contributed by atoms with Crippen molar-refractivity contribution in [3.05, 3.63) is 0 Å². The predicted octanol–water partition coefficient (Wildman–Crippen LogP) is -1.35. The number of nitrogens with two attached hydrogens (primary N) is 1. The number of carbonyl (C=O) groups is 1. The van der Waals surface area contributed by atoms with Gasteiger partial charge in [0.25, 0.3) is 0 Å². The molecule has 0 heterocycles. The van der Waals surface area contributed by atoms with E-state index in [9.17, 15) is 9.36 Å². The van der Waals surface area contributed by atoms with Crippen LogP contribution < -0.4 is 5.73 Å². The Kier molecular flexibility index (Phi) is 2.15. The van der Waals surface area contributed by atoms with Crippen molar-refractivity contribution in [1.29, 1.82) is 0 Å². The molecule has 5 nitrogen and oxygen atoms in total. The molecule has 8 heavy (non-hydrogen) atoms. The normalized spacial score (nSPS) is 11.2. The van der Waals surface area contributed by atoms with Crippen molar-refractivity contribution in [2.24, 2.45) is 5.73 Å². The molecule has 0 spiro atoms. The summed E-state index contributed by atoms with van der Waals surface area (Å²) >= 11 is 0. The molecule has 4 N–H and O–H groups in total. The molecule has 48 valence electrons. The highest BCUT2D eigenvalue weighted by Gasteiger charge is 2.15. The van der Waals surface area contributed by atoms with Crippen molar-refractivity contribution in [3.63, 3.8) is 0 Å². The lowest BCUT2D eigenvalue weighted by Gasteiger charge is -1.96. The second-order valence-electron chi connectivity index (χ2n) is 1.29. The second-order valence-corrected chi connectivity index (χ2v) is 2.93. The topological polar surface area (TPSA) is 101 Å². The standard InChI is InChI=1S/C2H6NO4P/c3-2(4)1-8(5,6)7/h1H2,(H2,3,4)(H2,5,6,7). The van der Waals surface area contributed by atoms with Crippen LogP contribution in [0.25, 0.3) is 0 Å². The number of carbonyl (C=O) groups excluding carboxylic acids is 1. The van der Waals surface area contributed by atoms with E-state index in [-0.39, 0.29) is 0 Å². The lowest BCUT2D eigenvalue weighted by atomic mass is 10.8. The van der Waals surface area contributed by atoms with Gasteiger partial charge >= 0.3 is 7.60 Å². The van der Waals surface area contributed by atoms with Crippen LogP contribution in [0.2, 0.25) is 0 Å². The highest BCUT2D eigenvalue weighted by Crippen LogP contribution is 2.32. The molecule has 0 atom stereocenters. The Bertz CT molecular complexity index is 137. The molecule has 0 fully saturated rings. The molecule has 0 aliphatic rings.